The second-order valence-electron chi connectivity index (χ2n) is 6.94. The normalized spacial score (nSPS) is 18.4. The third-order valence-electron chi connectivity index (χ3n) is 4.85. The molecule has 2 rings (SSSR count). The number of ether oxygens (including phenoxy) is 2. The van der Waals surface area contributed by atoms with Gasteiger partial charge in [0, 0.05) is 4.88 Å². The molecule has 0 bridgehead atoms. The number of methoxy groups -OCH3 is 1. The molecule has 0 aliphatic heterocycles. The number of esters is 2. The first-order valence-corrected chi connectivity index (χ1v) is 9.83. The van der Waals surface area contributed by atoms with Gasteiger partial charge in [-0.25, -0.2) is 9.59 Å². The minimum atomic E-state index is -0.744. The predicted molar refractivity (Wildman–Crippen MR) is 99.2 cm³/mol. The van der Waals surface area contributed by atoms with Crippen molar-refractivity contribution >= 4 is 29.2 Å². The summed E-state index contributed by atoms with van der Waals surface area (Å²) in [6, 6.07) is 1.14. The molecule has 0 spiro atoms. The number of hydrogen-bond donors (Lipinski definition) is 1. The maximum absolute atomic E-state index is 12.2. The summed E-state index contributed by atoms with van der Waals surface area (Å²) in [4.78, 5) is 37.9. The highest BCUT2D eigenvalue weighted by Gasteiger charge is 2.27. The van der Waals surface area contributed by atoms with E-state index in [4.69, 9.17) is 9.47 Å². The van der Waals surface area contributed by atoms with E-state index < -0.39 is 30.5 Å². The molecule has 1 aromatic rings. The molecule has 144 valence electrons. The van der Waals surface area contributed by atoms with E-state index in [1.807, 2.05) is 19.9 Å². The lowest BCUT2D eigenvalue weighted by molar-refractivity contribution is -0.147. The van der Waals surface area contributed by atoms with E-state index in [2.05, 4.69) is 12.2 Å². The van der Waals surface area contributed by atoms with Crippen LogP contribution in [0.15, 0.2) is 6.07 Å². The first kappa shape index (κ1) is 20.4. The molecule has 1 aliphatic rings. The van der Waals surface area contributed by atoms with Crippen LogP contribution in [-0.4, -0.2) is 37.6 Å². The molecule has 0 unspecified atom stereocenters. The van der Waals surface area contributed by atoms with Crippen molar-refractivity contribution in [2.75, 3.05) is 13.7 Å². The van der Waals surface area contributed by atoms with Gasteiger partial charge in [-0.1, -0.05) is 27.2 Å². The van der Waals surface area contributed by atoms with Crippen molar-refractivity contribution in [1.82, 2.24) is 5.32 Å². The first-order chi connectivity index (χ1) is 12.3. The zero-order valence-corrected chi connectivity index (χ0v) is 16.6. The Hall–Kier alpha value is -1.89. The summed E-state index contributed by atoms with van der Waals surface area (Å²) in [6.45, 7) is 5.57. The van der Waals surface area contributed by atoms with Gasteiger partial charge in [0.15, 0.2) is 6.61 Å². The molecule has 0 fully saturated rings. The van der Waals surface area contributed by atoms with Gasteiger partial charge in [-0.2, -0.15) is 0 Å². The van der Waals surface area contributed by atoms with Crippen LogP contribution in [0.4, 0.5) is 0 Å². The molecule has 1 aliphatic carbocycles. The molecule has 1 N–H and O–H groups in total. The molecule has 1 aromatic heterocycles. The maximum Gasteiger partial charge on any atom is 0.348 e. The Morgan fingerprint density at radius 2 is 2.12 bits per heavy atom. The fourth-order valence-electron chi connectivity index (χ4n) is 3.02. The van der Waals surface area contributed by atoms with Gasteiger partial charge in [-0.3, -0.25) is 4.79 Å². The summed E-state index contributed by atoms with van der Waals surface area (Å²) in [5, 5.41) is 2.59. The quantitative estimate of drug-likeness (QED) is 0.735. The largest absolute Gasteiger partial charge is 0.467 e. The molecule has 7 heteroatoms. The summed E-state index contributed by atoms with van der Waals surface area (Å²) >= 11 is 1.45. The standard InChI is InChI=1S/C19H27NO5S/c1-5-12(3)17(19(23)24-4)20-16(21)10-25-18(22)15-9-13-8-11(2)6-7-14(13)26-15/h9,11-12,17H,5-8,10H2,1-4H3,(H,20,21)/t11-,12+,17-/m0/s1. The zero-order valence-electron chi connectivity index (χ0n) is 15.8. The number of amides is 1. The van der Waals surface area contributed by atoms with Gasteiger partial charge in [0.25, 0.3) is 5.91 Å². The highest BCUT2D eigenvalue weighted by Crippen LogP contribution is 2.32. The molecule has 6 nitrogen and oxygen atoms in total. The van der Waals surface area contributed by atoms with E-state index in [1.165, 1.54) is 28.9 Å². The van der Waals surface area contributed by atoms with Gasteiger partial charge < -0.3 is 14.8 Å². The number of fused-ring (bicyclic) bond motifs is 1. The Labute approximate surface area is 158 Å². The van der Waals surface area contributed by atoms with Crippen LogP contribution in [0, 0.1) is 11.8 Å². The Balaban J connectivity index is 1.90. The van der Waals surface area contributed by atoms with Crippen LogP contribution in [0.3, 0.4) is 0 Å². The fraction of sp³-hybridized carbons (Fsp3) is 0.632. The smallest absolute Gasteiger partial charge is 0.348 e. The number of thiophene rings is 1. The summed E-state index contributed by atoms with van der Waals surface area (Å²) in [5.74, 6) is -0.955. The van der Waals surface area contributed by atoms with Gasteiger partial charge in [0.2, 0.25) is 0 Å². The monoisotopic (exact) mass is 381 g/mol. The number of hydrogen-bond acceptors (Lipinski definition) is 6. The average molecular weight is 381 g/mol. The Morgan fingerprint density at radius 1 is 1.38 bits per heavy atom. The minimum Gasteiger partial charge on any atom is -0.467 e. The van der Waals surface area contributed by atoms with Crippen molar-refractivity contribution in [3.8, 4) is 0 Å². The lowest BCUT2D eigenvalue weighted by Gasteiger charge is -2.21. The molecule has 1 amide bonds. The number of rotatable bonds is 7. The topological polar surface area (TPSA) is 81.7 Å². The number of carbonyl (C=O) groups is 3. The highest BCUT2D eigenvalue weighted by molar-refractivity contribution is 7.14. The van der Waals surface area contributed by atoms with Gasteiger partial charge >= 0.3 is 11.9 Å². The Morgan fingerprint density at radius 3 is 2.77 bits per heavy atom. The molecular formula is C19H27NO5S. The van der Waals surface area contributed by atoms with Gasteiger partial charge in [-0.05, 0) is 42.7 Å². The number of nitrogens with one attached hydrogen (secondary N) is 1. The van der Waals surface area contributed by atoms with Gasteiger partial charge in [0.05, 0.1) is 7.11 Å². The summed E-state index contributed by atoms with van der Waals surface area (Å²) in [5.41, 5.74) is 1.22. The van der Waals surface area contributed by atoms with Crippen LogP contribution in [0.1, 0.15) is 53.7 Å². The summed E-state index contributed by atoms with van der Waals surface area (Å²) in [6.07, 6.45) is 3.81. The third-order valence-corrected chi connectivity index (χ3v) is 6.07. The Bertz CT molecular complexity index is 669. The van der Waals surface area contributed by atoms with Crippen LogP contribution < -0.4 is 5.32 Å². The molecular weight excluding hydrogens is 354 g/mol. The third kappa shape index (κ3) is 5.06. The van der Waals surface area contributed by atoms with Gasteiger partial charge in [0.1, 0.15) is 10.9 Å². The fourth-order valence-corrected chi connectivity index (χ4v) is 4.12. The molecule has 1 heterocycles. The van der Waals surface area contributed by atoms with Crippen LogP contribution in [-0.2, 0) is 31.9 Å². The van der Waals surface area contributed by atoms with Crippen molar-refractivity contribution in [2.45, 2.75) is 52.5 Å². The highest BCUT2D eigenvalue weighted by atomic mass is 32.1. The number of carbonyl (C=O) groups excluding carboxylic acids is 3. The van der Waals surface area contributed by atoms with E-state index in [9.17, 15) is 14.4 Å². The van der Waals surface area contributed by atoms with Crippen molar-refractivity contribution in [1.29, 1.82) is 0 Å². The summed E-state index contributed by atoms with van der Waals surface area (Å²) < 4.78 is 9.86. The molecule has 0 saturated carbocycles. The molecule has 0 radical (unpaired) electrons. The van der Waals surface area contributed by atoms with E-state index in [0.29, 0.717) is 17.2 Å². The minimum absolute atomic E-state index is 0.0758. The molecule has 0 aromatic carbocycles. The second-order valence-corrected chi connectivity index (χ2v) is 8.07. The maximum atomic E-state index is 12.2. The summed E-state index contributed by atoms with van der Waals surface area (Å²) in [7, 11) is 1.28. The van der Waals surface area contributed by atoms with E-state index in [1.54, 1.807) is 0 Å². The van der Waals surface area contributed by atoms with Crippen LogP contribution >= 0.6 is 11.3 Å². The van der Waals surface area contributed by atoms with E-state index in [0.717, 1.165) is 19.3 Å². The Kier molecular flexibility index (Phi) is 7.20. The first-order valence-electron chi connectivity index (χ1n) is 9.01. The van der Waals surface area contributed by atoms with E-state index in [-0.39, 0.29) is 5.92 Å². The molecule has 26 heavy (non-hydrogen) atoms. The van der Waals surface area contributed by atoms with Crippen LogP contribution in [0.2, 0.25) is 0 Å². The average Bonchev–Trinajstić information content (AvgIpc) is 3.06. The molecule has 0 saturated heterocycles. The lowest BCUT2D eigenvalue weighted by Crippen LogP contribution is -2.47. The molecule has 3 atom stereocenters. The second kappa shape index (κ2) is 9.16. The van der Waals surface area contributed by atoms with Crippen molar-refractivity contribution in [3.63, 3.8) is 0 Å². The number of aryl methyl sites for hydroxylation is 1. The predicted octanol–water partition coefficient (Wildman–Crippen LogP) is 2.73. The van der Waals surface area contributed by atoms with Gasteiger partial charge in [-0.15, -0.1) is 11.3 Å². The van der Waals surface area contributed by atoms with Crippen molar-refractivity contribution in [2.24, 2.45) is 11.8 Å². The van der Waals surface area contributed by atoms with Crippen LogP contribution in [0.5, 0.6) is 0 Å². The van der Waals surface area contributed by atoms with Crippen molar-refractivity contribution in [3.05, 3.63) is 21.4 Å². The van der Waals surface area contributed by atoms with E-state index >= 15 is 0 Å². The zero-order chi connectivity index (χ0) is 19.3. The lowest BCUT2D eigenvalue weighted by atomic mass is 9.90. The van der Waals surface area contributed by atoms with Crippen molar-refractivity contribution < 1.29 is 23.9 Å². The SMILES string of the molecule is CC[C@@H](C)[C@H](NC(=O)COC(=O)c1cc2c(s1)CC[C@H](C)C2)C(=O)OC. The van der Waals surface area contributed by atoms with Crippen LogP contribution in [0.25, 0.3) is 0 Å².